The molecule has 1 heterocycles. The SMILES string of the molecule is CC(C)(C)c1ccccc1C#Cc1ccc(-c2nc(-c3ccccc3)nc(-c3ccc(C#Cc4ccccc4C(C)(C)C)cc3)n2)cc1. The van der Waals surface area contributed by atoms with Gasteiger partial charge in [0.15, 0.2) is 17.5 Å². The second-order valence-electron chi connectivity index (χ2n) is 13.9. The van der Waals surface area contributed by atoms with Crippen molar-refractivity contribution in [3.63, 3.8) is 0 Å². The smallest absolute Gasteiger partial charge is 0.164 e. The summed E-state index contributed by atoms with van der Waals surface area (Å²) in [4.78, 5) is 14.7. The molecule has 0 saturated carbocycles. The molecule has 3 heteroatoms. The summed E-state index contributed by atoms with van der Waals surface area (Å²) < 4.78 is 0. The molecule has 0 aliphatic rings. The Hall–Kier alpha value is -5.77. The molecule has 0 saturated heterocycles. The maximum absolute atomic E-state index is 4.93. The van der Waals surface area contributed by atoms with Crippen molar-refractivity contribution in [3.8, 4) is 57.8 Å². The predicted octanol–water partition coefficient (Wildman–Crippen LogP) is 10.3. The van der Waals surface area contributed by atoms with E-state index in [1.54, 1.807) is 0 Å². The van der Waals surface area contributed by atoms with E-state index in [-0.39, 0.29) is 10.8 Å². The van der Waals surface area contributed by atoms with Crippen LogP contribution in [0, 0.1) is 23.7 Å². The number of aromatic nitrogens is 3. The lowest BCUT2D eigenvalue weighted by molar-refractivity contribution is 0.588. The van der Waals surface area contributed by atoms with Gasteiger partial charge in [0, 0.05) is 38.9 Å². The van der Waals surface area contributed by atoms with Gasteiger partial charge in [-0.3, -0.25) is 0 Å². The summed E-state index contributed by atoms with van der Waals surface area (Å²) in [5.41, 5.74) is 9.23. The van der Waals surface area contributed by atoms with Crippen molar-refractivity contribution < 1.29 is 0 Å². The molecule has 0 N–H and O–H groups in total. The summed E-state index contributed by atoms with van der Waals surface area (Å²) in [6.07, 6.45) is 0. The highest BCUT2D eigenvalue weighted by Gasteiger charge is 2.17. The first-order valence-electron chi connectivity index (χ1n) is 16.3. The Bertz CT molecular complexity index is 2040. The third-order valence-corrected chi connectivity index (χ3v) is 8.11. The molecule has 0 fully saturated rings. The van der Waals surface area contributed by atoms with Crippen LogP contribution in [-0.2, 0) is 10.8 Å². The molecule has 234 valence electrons. The molecule has 0 atom stereocenters. The maximum Gasteiger partial charge on any atom is 0.164 e. The zero-order valence-corrected chi connectivity index (χ0v) is 28.5. The van der Waals surface area contributed by atoms with Crippen LogP contribution in [0.1, 0.15) is 74.9 Å². The molecule has 5 aromatic carbocycles. The lowest BCUT2D eigenvalue weighted by atomic mass is 9.84. The fourth-order valence-corrected chi connectivity index (χ4v) is 5.53. The molecule has 6 rings (SSSR count). The topological polar surface area (TPSA) is 38.7 Å². The van der Waals surface area contributed by atoms with Crippen molar-refractivity contribution in [1.29, 1.82) is 0 Å². The van der Waals surface area contributed by atoms with E-state index in [0.717, 1.165) is 38.9 Å². The first-order valence-corrected chi connectivity index (χ1v) is 16.3. The minimum Gasteiger partial charge on any atom is -0.208 e. The summed E-state index contributed by atoms with van der Waals surface area (Å²) in [5, 5.41) is 0. The highest BCUT2D eigenvalue weighted by atomic mass is 15.0. The predicted molar refractivity (Wildman–Crippen MR) is 198 cm³/mol. The Labute approximate surface area is 285 Å². The van der Waals surface area contributed by atoms with Gasteiger partial charge < -0.3 is 0 Å². The van der Waals surface area contributed by atoms with E-state index >= 15 is 0 Å². The number of hydrogen-bond acceptors (Lipinski definition) is 3. The van der Waals surface area contributed by atoms with Crippen LogP contribution in [0.2, 0.25) is 0 Å². The van der Waals surface area contributed by atoms with E-state index < -0.39 is 0 Å². The first-order chi connectivity index (χ1) is 23.0. The molecule has 0 bridgehead atoms. The minimum absolute atomic E-state index is 0.0218. The summed E-state index contributed by atoms with van der Waals surface area (Å²) >= 11 is 0. The van der Waals surface area contributed by atoms with Crippen LogP contribution in [0.15, 0.2) is 127 Å². The molecule has 0 aliphatic carbocycles. The molecule has 48 heavy (non-hydrogen) atoms. The van der Waals surface area contributed by atoms with Gasteiger partial charge in [0.1, 0.15) is 0 Å². The highest BCUT2D eigenvalue weighted by Crippen LogP contribution is 2.28. The molecule has 3 nitrogen and oxygen atoms in total. The third kappa shape index (κ3) is 7.60. The van der Waals surface area contributed by atoms with Crippen molar-refractivity contribution in [2.75, 3.05) is 0 Å². The van der Waals surface area contributed by atoms with Crippen LogP contribution in [0.3, 0.4) is 0 Å². The average molecular weight is 622 g/mol. The standard InChI is InChI=1S/C45H39N3/c1-44(2,3)39-18-12-10-14-34(39)26-20-32-22-28-37(29-23-32)42-46-41(36-16-8-7-9-17-36)47-43(48-42)38-30-24-33(25-31-38)21-27-35-15-11-13-19-40(35)45(4,5)6/h7-19,22-25,28-31H,1-6H3. The monoisotopic (exact) mass is 621 g/mol. The Morgan fingerprint density at radius 1 is 0.354 bits per heavy atom. The number of hydrogen-bond donors (Lipinski definition) is 0. The van der Waals surface area contributed by atoms with Crippen LogP contribution in [-0.4, -0.2) is 15.0 Å². The van der Waals surface area contributed by atoms with Crippen LogP contribution < -0.4 is 0 Å². The number of benzene rings is 5. The van der Waals surface area contributed by atoms with Crippen molar-refractivity contribution >= 4 is 0 Å². The van der Waals surface area contributed by atoms with Crippen LogP contribution in [0.5, 0.6) is 0 Å². The Balaban J connectivity index is 1.32. The normalized spacial score (nSPS) is 11.2. The fourth-order valence-electron chi connectivity index (χ4n) is 5.53. The second kappa shape index (κ2) is 13.5. The summed E-state index contributed by atoms with van der Waals surface area (Å²) in [6.45, 7) is 13.3. The molecule has 6 aromatic rings. The molecule has 0 spiro atoms. The highest BCUT2D eigenvalue weighted by molar-refractivity contribution is 5.67. The molecular weight excluding hydrogens is 583 g/mol. The van der Waals surface area contributed by atoms with E-state index in [4.69, 9.17) is 15.0 Å². The van der Waals surface area contributed by atoms with E-state index in [1.807, 2.05) is 91.0 Å². The Morgan fingerprint density at radius 2 is 0.688 bits per heavy atom. The van der Waals surface area contributed by atoms with Gasteiger partial charge in [-0.2, -0.15) is 0 Å². The molecular formula is C45H39N3. The Kier molecular flexibility index (Phi) is 9.07. The largest absolute Gasteiger partial charge is 0.208 e. The van der Waals surface area contributed by atoms with Gasteiger partial charge in [0.05, 0.1) is 0 Å². The lowest BCUT2D eigenvalue weighted by Crippen LogP contribution is -2.12. The number of nitrogens with zero attached hydrogens (tertiary/aromatic N) is 3. The lowest BCUT2D eigenvalue weighted by Gasteiger charge is -2.20. The minimum atomic E-state index is 0.0218. The van der Waals surface area contributed by atoms with Gasteiger partial charge in [-0.1, -0.05) is 132 Å². The Morgan fingerprint density at radius 3 is 1.06 bits per heavy atom. The molecule has 0 radical (unpaired) electrons. The van der Waals surface area contributed by atoms with Gasteiger partial charge in [-0.25, -0.2) is 15.0 Å². The van der Waals surface area contributed by atoms with Gasteiger partial charge in [-0.15, -0.1) is 0 Å². The molecule has 0 amide bonds. The number of rotatable bonds is 3. The maximum atomic E-state index is 4.93. The quantitative estimate of drug-likeness (QED) is 0.185. The van der Waals surface area contributed by atoms with E-state index in [1.165, 1.54) is 11.1 Å². The zero-order valence-electron chi connectivity index (χ0n) is 28.5. The van der Waals surface area contributed by atoms with E-state index in [0.29, 0.717) is 17.5 Å². The van der Waals surface area contributed by atoms with Gasteiger partial charge >= 0.3 is 0 Å². The van der Waals surface area contributed by atoms with Gasteiger partial charge in [0.2, 0.25) is 0 Å². The van der Waals surface area contributed by atoms with Crippen molar-refractivity contribution in [2.24, 2.45) is 0 Å². The summed E-state index contributed by atoms with van der Waals surface area (Å²) in [6, 6.07) is 43.0. The fraction of sp³-hybridized carbons (Fsp3) is 0.178. The van der Waals surface area contributed by atoms with Gasteiger partial charge in [0.25, 0.3) is 0 Å². The van der Waals surface area contributed by atoms with Crippen LogP contribution in [0.4, 0.5) is 0 Å². The average Bonchev–Trinajstić information content (AvgIpc) is 3.10. The van der Waals surface area contributed by atoms with Crippen LogP contribution in [0.25, 0.3) is 34.2 Å². The van der Waals surface area contributed by atoms with Crippen LogP contribution >= 0.6 is 0 Å². The third-order valence-electron chi connectivity index (χ3n) is 8.11. The zero-order chi connectivity index (χ0) is 33.7. The summed E-state index contributed by atoms with van der Waals surface area (Å²) in [7, 11) is 0. The second-order valence-corrected chi connectivity index (χ2v) is 13.9. The first kappa shape index (κ1) is 32.2. The van der Waals surface area contributed by atoms with Crippen molar-refractivity contribution in [2.45, 2.75) is 52.4 Å². The van der Waals surface area contributed by atoms with E-state index in [9.17, 15) is 0 Å². The molecule has 1 aromatic heterocycles. The molecule has 0 unspecified atom stereocenters. The summed E-state index contributed by atoms with van der Waals surface area (Å²) in [5.74, 6) is 15.3. The molecule has 0 aliphatic heterocycles. The van der Waals surface area contributed by atoms with Gasteiger partial charge in [-0.05, 0) is 82.6 Å². The van der Waals surface area contributed by atoms with Crippen molar-refractivity contribution in [3.05, 3.63) is 161 Å². The van der Waals surface area contributed by atoms with Crippen molar-refractivity contribution in [1.82, 2.24) is 15.0 Å². The van der Waals surface area contributed by atoms with E-state index in [2.05, 4.69) is 102 Å².